The van der Waals surface area contributed by atoms with Crippen LogP contribution in [0.4, 0.5) is 18.9 Å². The van der Waals surface area contributed by atoms with E-state index in [0.717, 1.165) is 11.1 Å². The minimum absolute atomic E-state index is 0.158. The molecule has 1 heterocycles. The van der Waals surface area contributed by atoms with Gasteiger partial charge in [-0.1, -0.05) is 24.3 Å². The maximum absolute atomic E-state index is 12.5. The molecule has 1 unspecified atom stereocenters. The maximum Gasteiger partial charge on any atom is 0.393 e. The molecule has 0 spiro atoms. The molecular formula is C19H18F3NO3. The highest BCUT2D eigenvalue weighted by molar-refractivity contribution is 5.96. The quantitative estimate of drug-likeness (QED) is 0.880. The Hall–Kier alpha value is -2.70. The predicted molar refractivity (Wildman–Crippen MR) is 90.8 cm³/mol. The summed E-state index contributed by atoms with van der Waals surface area (Å²) in [5.41, 5.74) is 2.42. The van der Waals surface area contributed by atoms with Crippen LogP contribution in [0.2, 0.25) is 0 Å². The zero-order valence-corrected chi connectivity index (χ0v) is 14.3. The Balaban J connectivity index is 1.98. The molecule has 1 N–H and O–H groups in total. The molecule has 3 rings (SSSR count). The van der Waals surface area contributed by atoms with Crippen molar-refractivity contribution in [2.24, 2.45) is 0 Å². The van der Waals surface area contributed by atoms with Gasteiger partial charge in [0.2, 0.25) is 5.91 Å². The number of nitrogens with one attached hydrogen (secondary N) is 1. The molecule has 138 valence electrons. The Morgan fingerprint density at radius 3 is 2.27 bits per heavy atom. The van der Waals surface area contributed by atoms with E-state index in [-0.39, 0.29) is 23.8 Å². The Morgan fingerprint density at radius 1 is 1.08 bits per heavy atom. The number of halogens is 3. The lowest BCUT2D eigenvalue weighted by Crippen LogP contribution is -2.23. The fourth-order valence-corrected chi connectivity index (χ4v) is 3.18. The van der Waals surface area contributed by atoms with Crippen molar-refractivity contribution >= 4 is 11.6 Å². The summed E-state index contributed by atoms with van der Waals surface area (Å²) in [6.45, 7) is 0. The number of carbonyl (C=O) groups is 1. The molecule has 0 saturated heterocycles. The number of alkyl halides is 3. The molecule has 2 aromatic rings. The molecule has 1 aliphatic heterocycles. The van der Waals surface area contributed by atoms with Crippen LogP contribution in [0.3, 0.4) is 0 Å². The van der Waals surface area contributed by atoms with Crippen molar-refractivity contribution in [3.8, 4) is 11.5 Å². The number of benzene rings is 2. The maximum atomic E-state index is 12.5. The van der Waals surface area contributed by atoms with E-state index in [2.05, 4.69) is 5.32 Å². The van der Waals surface area contributed by atoms with Gasteiger partial charge in [-0.2, -0.15) is 13.2 Å². The average molecular weight is 365 g/mol. The second kappa shape index (κ2) is 6.90. The van der Waals surface area contributed by atoms with Crippen LogP contribution in [0.25, 0.3) is 0 Å². The van der Waals surface area contributed by atoms with E-state index in [4.69, 9.17) is 9.47 Å². The van der Waals surface area contributed by atoms with Crippen molar-refractivity contribution in [2.75, 3.05) is 19.5 Å². The van der Waals surface area contributed by atoms with Gasteiger partial charge in [-0.15, -0.1) is 0 Å². The summed E-state index contributed by atoms with van der Waals surface area (Å²) in [5.74, 6) is 0.599. The fraction of sp³-hybridized carbons (Fsp3) is 0.316. The van der Waals surface area contributed by atoms with Crippen LogP contribution in [0.15, 0.2) is 36.4 Å². The van der Waals surface area contributed by atoms with Gasteiger partial charge in [0.15, 0.2) is 11.5 Å². The molecule has 0 aliphatic carbocycles. The zero-order chi connectivity index (χ0) is 18.9. The van der Waals surface area contributed by atoms with E-state index in [1.807, 2.05) is 0 Å². The number of hydrogen-bond acceptors (Lipinski definition) is 3. The third-order valence-electron chi connectivity index (χ3n) is 4.38. The van der Waals surface area contributed by atoms with Crippen LogP contribution in [0.1, 0.15) is 29.0 Å². The van der Waals surface area contributed by atoms with E-state index in [9.17, 15) is 18.0 Å². The molecule has 1 atom stereocenters. The minimum atomic E-state index is -4.25. The van der Waals surface area contributed by atoms with Crippen molar-refractivity contribution in [3.63, 3.8) is 0 Å². The van der Waals surface area contributed by atoms with E-state index in [0.29, 0.717) is 17.2 Å². The molecule has 4 nitrogen and oxygen atoms in total. The normalized spacial score (nSPS) is 16.7. The van der Waals surface area contributed by atoms with Gasteiger partial charge in [0.1, 0.15) is 0 Å². The highest BCUT2D eigenvalue weighted by atomic mass is 19.4. The monoisotopic (exact) mass is 365 g/mol. The molecule has 2 aromatic carbocycles. The standard InChI is InChI=1S/C19H18F3NO3/c1-25-16-7-14-13(8-18(24)23-15(14)9-17(16)26-2)12-5-3-11(4-6-12)10-19(20,21)22/h3-7,9,13H,8,10H2,1-2H3,(H,23,24). The van der Waals surface area contributed by atoms with Gasteiger partial charge in [0, 0.05) is 24.1 Å². The molecule has 7 heteroatoms. The smallest absolute Gasteiger partial charge is 0.393 e. The first-order valence-electron chi connectivity index (χ1n) is 8.02. The molecule has 0 fully saturated rings. The number of fused-ring (bicyclic) bond motifs is 1. The third kappa shape index (κ3) is 3.76. The summed E-state index contributed by atoms with van der Waals surface area (Å²) in [6.07, 6.45) is -5.01. The van der Waals surface area contributed by atoms with Gasteiger partial charge >= 0.3 is 6.18 Å². The summed E-state index contributed by atoms with van der Waals surface area (Å²) < 4.78 is 48.1. The van der Waals surface area contributed by atoms with Gasteiger partial charge < -0.3 is 14.8 Å². The summed E-state index contributed by atoms with van der Waals surface area (Å²) in [4.78, 5) is 12.1. The summed E-state index contributed by atoms with van der Waals surface area (Å²) in [6, 6.07) is 9.68. The summed E-state index contributed by atoms with van der Waals surface area (Å²) in [5, 5.41) is 2.80. The Bertz CT molecular complexity index is 816. The van der Waals surface area contributed by atoms with Crippen LogP contribution < -0.4 is 14.8 Å². The third-order valence-corrected chi connectivity index (χ3v) is 4.38. The fourth-order valence-electron chi connectivity index (χ4n) is 3.18. The number of hydrogen-bond donors (Lipinski definition) is 1. The number of amides is 1. The average Bonchev–Trinajstić information content (AvgIpc) is 2.59. The van der Waals surface area contributed by atoms with Crippen LogP contribution in [0.5, 0.6) is 11.5 Å². The Kier molecular flexibility index (Phi) is 4.80. The van der Waals surface area contributed by atoms with Gasteiger partial charge in [-0.05, 0) is 22.8 Å². The lowest BCUT2D eigenvalue weighted by molar-refractivity contribution is -0.127. The number of rotatable bonds is 4. The highest BCUT2D eigenvalue weighted by Crippen LogP contribution is 2.43. The van der Waals surface area contributed by atoms with E-state index >= 15 is 0 Å². The van der Waals surface area contributed by atoms with Crippen molar-refractivity contribution in [1.82, 2.24) is 0 Å². The Morgan fingerprint density at radius 2 is 1.69 bits per heavy atom. The van der Waals surface area contributed by atoms with Crippen LogP contribution in [-0.2, 0) is 11.2 Å². The first-order chi connectivity index (χ1) is 12.3. The largest absolute Gasteiger partial charge is 0.493 e. The van der Waals surface area contributed by atoms with E-state index in [1.54, 1.807) is 24.3 Å². The Labute approximate surface area is 148 Å². The van der Waals surface area contributed by atoms with Gasteiger partial charge in [0.05, 0.1) is 20.6 Å². The van der Waals surface area contributed by atoms with Gasteiger partial charge in [-0.3, -0.25) is 4.79 Å². The number of anilines is 1. The summed E-state index contributed by atoms with van der Waals surface area (Å²) >= 11 is 0. The van der Waals surface area contributed by atoms with Crippen LogP contribution >= 0.6 is 0 Å². The van der Waals surface area contributed by atoms with Crippen molar-refractivity contribution in [1.29, 1.82) is 0 Å². The lowest BCUT2D eigenvalue weighted by atomic mass is 9.84. The van der Waals surface area contributed by atoms with Crippen molar-refractivity contribution < 1.29 is 27.4 Å². The predicted octanol–water partition coefficient (Wildman–Crippen LogP) is 4.28. The first-order valence-corrected chi connectivity index (χ1v) is 8.02. The number of carbonyl (C=O) groups excluding carboxylic acids is 1. The zero-order valence-electron chi connectivity index (χ0n) is 14.3. The molecule has 1 amide bonds. The SMILES string of the molecule is COc1cc2c(cc1OC)C(c1ccc(CC(F)(F)F)cc1)CC(=O)N2. The lowest BCUT2D eigenvalue weighted by Gasteiger charge is -2.27. The number of ether oxygens (including phenoxy) is 2. The van der Waals surface area contributed by atoms with E-state index < -0.39 is 12.6 Å². The molecule has 0 bridgehead atoms. The minimum Gasteiger partial charge on any atom is -0.493 e. The van der Waals surface area contributed by atoms with Crippen LogP contribution in [0, 0.1) is 0 Å². The van der Waals surface area contributed by atoms with Crippen molar-refractivity contribution in [2.45, 2.75) is 24.9 Å². The molecule has 0 saturated carbocycles. The number of methoxy groups -OCH3 is 2. The molecule has 0 radical (unpaired) electrons. The molecular weight excluding hydrogens is 347 g/mol. The van der Waals surface area contributed by atoms with Crippen LogP contribution in [-0.4, -0.2) is 26.3 Å². The first kappa shape index (κ1) is 18.1. The van der Waals surface area contributed by atoms with Gasteiger partial charge in [-0.25, -0.2) is 0 Å². The molecule has 26 heavy (non-hydrogen) atoms. The highest BCUT2D eigenvalue weighted by Gasteiger charge is 2.30. The summed E-state index contributed by atoms with van der Waals surface area (Å²) in [7, 11) is 3.03. The topological polar surface area (TPSA) is 47.6 Å². The second-order valence-corrected chi connectivity index (χ2v) is 6.13. The molecule has 1 aliphatic rings. The van der Waals surface area contributed by atoms with Crippen molar-refractivity contribution in [3.05, 3.63) is 53.1 Å². The second-order valence-electron chi connectivity index (χ2n) is 6.13. The van der Waals surface area contributed by atoms with Gasteiger partial charge in [0.25, 0.3) is 0 Å². The van der Waals surface area contributed by atoms with E-state index in [1.165, 1.54) is 26.4 Å². The molecule has 0 aromatic heterocycles.